The molecule has 0 spiro atoms. The Kier molecular flexibility index (Phi) is 3.40. The van der Waals surface area contributed by atoms with Crippen LogP contribution in [0.1, 0.15) is 17.6 Å². The second kappa shape index (κ2) is 6.10. The van der Waals surface area contributed by atoms with E-state index in [1.807, 2.05) is 18.2 Å². The fourth-order valence-electron chi connectivity index (χ4n) is 4.02. The molecule has 1 aliphatic heterocycles. The summed E-state index contributed by atoms with van der Waals surface area (Å²) < 4.78 is 6.72. The van der Waals surface area contributed by atoms with Crippen LogP contribution in [0.4, 0.5) is 5.69 Å². The second-order valence-electron chi connectivity index (χ2n) is 7.29. The third-order valence-electron chi connectivity index (χ3n) is 5.54. The van der Waals surface area contributed by atoms with E-state index in [2.05, 4.69) is 43.5 Å². The minimum absolute atomic E-state index is 0.142. The quantitative estimate of drug-likeness (QED) is 0.533. The van der Waals surface area contributed by atoms with Crippen molar-refractivity contribution < 1.29 is 4.52 Å². The van der Waals surface area contributed by atoms with Gasteiger partial charge in [0, 0.05) is 30.5 Å². The molecule has 4 heterocycles. The van der Waals surface area contributed by atoms with E-state index in [0.717, 1.165) is 6.54 Å². The van der Waals surface area contributed by atoms with Crippen molar-refractivity contribution in [3.8, 4) is 0 Å². The first-order valence-corrected chi connectivity index (χ1v) is 9.44. The van der Waals surface area contributed by atoms with Gasteiger partial charge in [-0.1, -0.05) is 23.4 Å². The summed E-state index contributed by atoms with van der Waals surface area (Å²) in [6.45, 7) is 1.07. The van der Waals surface area contributed by atoms with Crippen LogP contribution >= 0.6 is 0 Å². The molecule has 1 fully saturated rings. The molecule has 4 aromatic rings. The number of hydrogen-bond donors (Lipinski definition) is 0. The molecule has 2 atom stereocenters. The fourth-order valence-corrected chi connectivity index (χ4v) is 4.02. The number of aromatic nitrogens is 5. The normalized spacial score (nSPS) is 20.0. The lowest BCUT2D eigenvalue weighted by Gasteiger charge is -2.17. The average molecular weight is 384 g/mol. The summed E-state index contributed by atoms with van der Waals surface area (Å²) in [4.78, 5) is 23.5. The molecule has 0 bridgehead atoms. The van der Waals surface area contributed by atoms with Crippen molar-refractivity contribution in [3.05, 3.63) is 88.7 Å². The van der Waals surface area contributed by atoms with E-state index >= 15 is 0 Å². The van der Waals surface area contributed by atoms with Gasteiger partial charge < -0.3 is 9.42 Å². The van der Waals surface area contributed by atoms with Gasteiger partial charge in [0.25, 0.3) is 5.56 Å². The summed E-state index contributed by atoms with van der Waals surface area (Å²) in [5, 5.41) is 8.83. The molecule has 29 heavy (non-hydrogen) atoms. The Morgan fingerprint density at radius 2 is 2.03 bits per heavy atom. The number of para-hydroxylation sites is 1. The number of rotatable bonds is 4. The van der Waals surface area contributed by atoms with Crippen LogP contribution < -0.4 is 10.5 Å². The van der Waals surface area contributed by atoms with Gasteiger partial charge in [-0.15, -0.1) is 0 Å². The maximum absolute atomic E-state index is 12.6. The number of benzene rings is 1. The van der Waals surface area contributed by atoms with Crippen LogP contribution in [0.3, 0.4) is 0 Å². The molecule has 6 rings (SSSR count). The van der Waals surface area contributed by atoms with Crippen molar-refractivity contribution in [1.29, 1.82) is 0 Å². The number of hydrogen-bond acceptors (Lipinski definition) is 7. The minimum Gasteiger partial charge on any atom is -0.347 e. The highest BCUT2D eigenvalue weighted by Gasteiger charge is 2.52. The zero-order valence-electron chi connectivity index (χ0n) is 15.3. The third-order valence-corrected chi connectivity index (χ3v) is 5.54. The first-order valence-electron chi connectivity index (χ1n) is 9.44. The molecular formula is C21H16N6O2. The summed E-state index contributed by atoms with van der Waals surface area (Å²) in [7, 11) is 0. The van der Waals surface area contributed by atoms with E-state index in [0.29, 0.717) is 28.5 Å². The summed E-state index contributed by atoms with van der Waals surface area (Å²) >= 11 is 0. The highest BCUT2D eigenvalue weighted by molar-refractivity contribution is 5.75. The van der Waals surface area contributed by atoms with Crippen molar-refractivity contribution in [2.45, 2.75) is 12.5 Å². The molecule has 8 heteroatoms. The molecule has 8 nitrogen and oxygen atoms in total. The molecule has 0 radical (unpaired) electrons. The van der Waals surface area contributed by atoms with Crippen LogP contribution in [0.2, 0.25) is 0 Å². The molecule has 0 amide bonds. The minimum atomic E-state index is -0.222. The molecule has 0 N–H and O–H groups in total. The van der Waals surface area contributed by atoms with Gasteiger partial charge in [-0.25, -0.2) is 4.68 Å². The monoisotopic (exact) mass is 384 g/mol. The van der Waals surface area contributed by atoms with Crippen LogP contribution in [0.25, 0.3) is 10.9 Å². The van der Waals surface area contributed by atoms with Gasteiger partial charge in [-0.05, 0) is 29.8 Å². The fraction of sp³-hybridized carbons (Fsp3) is 0.190. The lowest BCUT2D eigenvalue weighted by atomic mass is 10.2. The predicted molar refractivity (Wildman–Crippen MR) is 105 cm³/mol. The van der Waals surface area contributed by atoms with Gasteiger partial charge in [-0.3, -0.25) is 9.78 Å². The van der Waals surface area contributed by atoms with E-state index in [1.165, 1.54) is 15.9 Å². The van der Waals surface area contributed by atoms with Crippen LogP contribution in [-0.2, 0) is 6.54 Å². The van der Waals surface area contributed by atoms with E-state index in [-0.39, 0.29) is 18.0 Å². The van der Waals surface area contributed by atoms with Gasteiger partial charge in [0.05, 0.1) is 23.0 Å². The molecule has 1 aliphatic carbocycles. The highest BCUT2D eigenvalue weighted by Crippen LogP contribution is 2.56. The molecule has 0 unspecified atom stereocenters. The first-order chi connectivity index (χ1) is 14.3. The number of nitrogens with zero attached hydrogens (tertiary/aromatic N) is 6. The van der Waals surface area contributed by atoms with Crippen LogP contribution in [0.15, 0.2) is 75.9 Å². The molecule has 3 aromatic heterocycles. The third kappa shape index (κ3) is 2.64. The van der Waals surface area contributed by atoms with Gasteiger partial charge >= 0.3 is 0 Å². The van der Waals surface area contributed by atoms with Crippen LogP contribution in [0, 0.1) is 5.92 Å². The van der Waals surface area contributed by atoms with Gasteiger partial charge in [0.1, 0.15) is 6.54 Å². The number of anilines is 1. The Bertz CT molecular complexity index is 1310. The largest absolute Gasteiger partial charge is 0.347 e. The Morgan fingerprint density at radius 3 is 2.86 bits per heavy atom. The van der Waals surface area contributed by atoms with E-state index in [4.69, 9.17) is 4.52 Å². The summed E-state index contributed by atoms with van der Waals surface area (Å²) in [5.74, 6) is 1.69. The maximum atomic E-state index is 12.6. The predicted octanol–water partition coefficient (Wildman–Crippen LogP) is 2.34. The molecule has 1 aromatic carbocycles. The lowest BCUT2D eigenvalue weighted by Crippen LogP contribution is -2.23. The van der Waals surface area contributed by atoms with Crippen molar-refractivity contribution in [2.24, 2.45) is 5.92 Å². The lowest BCUT2D eigenvalue weighted by molar-refractivity contribution is 0.358. The van der Waals surface area contributed by atoms with E-state index < -0.39 is 0 Å². The SMILES string of the molecule is O=c1c2cccnc2cnn1Cc1nc([C@H]2C3=CN(c4ccccc4)C[C@@H]32)no1. The van der Waals surface area contributed by atoms with Crippen molar-refractivity contribution in [1.82, 2.24) is 24.9 Å². The Balaban J connectivity index is 1.21. The van der Waals surface area contributed by atoms with E-state index in [1.54, 1.807) is 24.5 Å². The summed E-state index contributed by atoms with van der Waals surface area (Å²) in [6, 6.07) is 13.8. The Morgan fingerprint density at radius 1 is 1.14 bits per heavy atom. The second-order valence-corrected chi connectivity index (χ2v) is 7.29. The van der Waals surface area contributed by atoms with Crippen LogP contribution in [-0.4, -0.2) is 31.4 Å². The van der Waals surface area contributed by atoms with Gasteiger partial charge in [-0.2, -0.15) is 10.1 Å². The standard InChI is InChI=1S/C21H16N6O2/c28-21-14-7-4-8-22-17(14)9-23-27(21)12-18-24-20(25-29-18)19-15-10-26(11-16(15)19)13-5-2-1-3-6-13/h1-10,16,19H,11-12H2/t16-,19-/m0/s1. The first kappa shape index (κ1) is 16.2. The number of pyridine rings is 1. The zero-order valence-corrected chi connectivity index (χ0v) is 15.3. The molecule has 2 aliphatic rings. The topological polar surface area (TPSA) is 89.9 Å². The van der Waals surface area contributed by atoms with Crippen molar-refractivity contribution in [2.75, 3.05) is 11.4 Å². The van der Waals surface area contributed by atoms with Gasteiger partial charge in [0.2, 0.25) is 5.89 Å². The maximum Gasteiger partial charge on any atom is 0.276 e. The van der Waals surface area contributed by atoms with Crippen molar-refractivity contribution in [3.63, 3.8) is 0 Å². The molecule has 0 saturated heterocycles. The van der Waals surface area contributed by atoms with Crippen LogP contribution in [0.5, 0.6) is 0 Å². The van der Waals surface area contributed by atoms with E-state index in [9.17, 15) is 4.79 Å². The highest BCUT2D eigenvalue weighted by atomic mass is 16.5. The Labute approximate surface area is 165 Å². The summed E-state index contributed by atoms with van der Waals surface area (Å²) in [5.41, 5.74) is 2.87. The Hall–Kier alpha value is -3.81. The average Bonchev–Trinajstić information content (AvgIpc) is 3.11. The molecule has 1 saturated carbocycles. The molecular weight excluding hydrogens is 368 g/mol. The number of fused-ring (bicyclic) bond motifs is 2. The van der Waals surface area contributed by atoms with Crippen molar-refractivity contribution >= 4 is 16.6 Å². The smallest absolute Gasteiger partial charge is 0.276 e. The summed E-state index contributed by atoms with van der Waals surface area (Å²) in [6.07, 6.45) is 5.39. The molecule has 142 valence electrons. The van der Waals surface area contributed by atoms with Gasteiger partial charge in [0.15, 0.2) is 5.82 Å². The zero-order chi connectivity index (χ0) is 19.4.